The van der Waals surface area contributed by atoms with Crippen LogP contribution in [0, 0.1) is 0 Å². The number of ether oxygens (including phenoxy) is 1. The fraction of sp³-hybridized carbons (Fsp3) is 0.100. The van der Waals surface area contributed by atoms with E-state index >= 15 is 0 Å². The van der Waals surface area contributed by atoms with Gasteiger partial charge in [0.1, 0.15) is 17.9 Å². The van der Waals surface area contributed by atoms with E-state index in [0.717, 1.165) is 12.3 Å². The third kappa shape index (κ3) is 5.47. The predicted octanol–water partition coefficient (Wildman–Crippen LogP) is 2.79. The minimum Gasteiger partial charge on any atom is -0.439 e. The summed E-state index contributed by atoms with van der Waals surface area (Å²) in [6, 6.07) is 10.7. The van der Waals surface area contributed by atoms with Gasteiger partial charge in [-0.05, 0) is 36.4 Å². The van der Waals surface area contributed by atoms with Gasteiger partial charge in [-0.2, -0.15) is 13.2 Å². The second-order valence-corrected chi connectivity index (χ2v) is 6.28. The number of hydrogen-bond acceptors (Lipinski definition) is 5. The first-order valence-electron chi connectivity index (χ1n) is 8.74. The molecular formula is C20H15F3N4O4. The number of nitrogens with zero attached hydrogens (tertiary/aromatic N) is 2. The maximum atomic E-state index is 12.8. The van der Waals surface area contributed by atoms with Crippen molar-refractivity contribution < 1.29 is 27.5 Å². The molecule has 0 unspecified atom stereocenters. The number of carbonyl (C=O) groups excluding carboxylic acids is 2. The molecule has 1 aromatic carbocycles. The molecular weight excluding hydrogens is 417 g/mol. The number of halogens is 3. The molecule has 160 valence electrons. The highest BCUT2D eigenvalue weighted by Crippen LogP contribution is 2.26. The lowest BCUT2D eigenvalue weighted by atomic mass is 10.2. The van der Waals surface area contributed by atoms with Gasteiger partial charge in [0.2, 0.25) is 17.7 Å². The standard InChI is InChI=1S/C20H15F3N4O4/c21-20(22,23)15-5-2-8-27(19(15)30)11-16(28)26-13-6-7-17(25-10-13)31-14-4-1-3-12(9-14)18(24)29/h1-10H,11H2,(H2,24,29)(H,26,28). The summed E-state index contributed by atoms with van der Waals surface area (Å²) in [5, 5.41) is 2.43. The van der Waals surface area contributed by atoms with E-state index < -0.39 is 35.7 Å². The number of aromatic nitrogens is 2. The molecule has 0 aliphatic rings. The number of primary amides is 1. The zero-order valence-corrected chi connectivity index (χ0v) is 15.7. The first kappa shape index (κ1) is 21.6. The summed E-state index contributed by atoms with van der Waals surface area (Å²) in [4.78, 5) is 39.2. The van der Waals surface area contributed by atoms with E-state index in [0.29, 0.717) is 16.4 Å². The van der Waals surface area contributed by atoms with Crippen LogP contribution < -0.4 is 21.3 Å². The molecule has 3 rings (SSSR count). The first-order chi connectivity index (χ1) is 14.6. The molecule has 0 atom stereocenters. The quantitative estimate of drug-likeness (QED) is 0.621. The Morgan fingerprint density at radius 2 is 1.90 bits per heavy atom. The average Bonchev–Trinajstić information content (AvgIpc) is 2.70. The number of alkyl halides is 3. The van der Waals surface area contributed by atoms with Crippen LogP contribution in [-0.2, 0) is 17.5 Å². The summed E-state index contributed by atoms with van der Waals surface area (Å²) in [6.45, 7) is -0.610. The van der Waals surface area contributed by atoms with E-state index in [-0.39, 0.29) is 17.1 Å². The molecule has 0 saturated heterocycles. The van der Waals surface area contributed by atoms with Gasteiger partial charge in [-0.3, -0.25) is 14.4 Å². The molecule has 0 fully saturated rings. The van der Waals surface area contributed by atoms with Crippen molar-refractivity contribution in [1.82, 2.24) is 9.55 Å². The average molecular weight is 432 g/mol. The van der Waals surface area contributed by atoms with E-state index in [1.165, 1.54) is 30.5 Å². The van der Waals surface area contributed by atoms with Crippen molar-refractivity contribution in [1.29, 1.82) is 0 Å². The van der Waals surface area contributed by atoms with Crippen LogP contribution in [0.2, 0.25) is 0 Å². The van der Waals surface area contributed by atoms with Gasteiger partial charge in [0.05, 0.1) is 11.9 Å². The van der Waals surface area contributed by atoms with Crippen molar-refractivity contribution in [2.75, 3.05) is 5.32 Å². The molecule has 0 saturated carbocycles. The van der Waals surface area contributed by atoms with Crippen LogP contribution in [0.25, 0.3) is 0 Å². The zero-order valence-electron chi connectivity index (χ0n) is 15.7. The minimum atomic E-state index is -4.81. The van der Waals surface area contributed by atoms with E-state index in [1.807, 2.05) is 0 Å². The van der Waals surface area contributed by atoms with E-state index in [2.05, 4.69) is 10.3 Å². The molecule has 3 N–H and O–H groups in total. The molecule has 2 amide bonds. The number of benzene rings is 1. The molecule has 3 aromatic rings. The number of hydrogen-bond donors (Lipinski definition) is 2. The number of rotatable bonds is 6. The highest BCUT2D eigenvalue weighted by atomic mass is 19.4. The summed E-state index contributed by atoms with van der Waals surface area (Å²) in [5.74, 6) is -0.847. The Balaban J connectivity index is 1.65. The molecule has 0 spiro atoms. The number of carbonyl (C=O) groups is 2. The fourth-order valence-electron chi connectivity index (χ4n) is 2.58. The maximum Gasteiger partial charge on any atom is 0.421 e. The lowest BCUT2D eigenvalue weighted by Gasteiger charge is -2.11. The summed E-state index contributed by atoms with van der Waals surface area (Å²) in [7, 11) is 0. The topological polar surface area (TPSA) is 116 Å². The predicted molar refractivity (Wildman–Crippen MR) is 104 cm³/mol. The summed E-state index contributed by atoms with van der Waals surface area (Å²) in [5.41, 5.74) is 3.03. The van der Waals surface area contributed by atoms with Crippen molar-refractivity contribution in [3.8, 4) is 11.6 Å². The smallest absolute Gasteiger partial charge is 0.421 e. The molecule has 31 heavy (non-hydrogen) atoms. The van der Waals surface area contributed by atoms with Crippen LogP contribution in [-0.4, -0.2) is 21.4 Å². The second kappa shape index (κ2) is 8.69. The second-order valence-electron chi connectivity index (χ2n) is 6.28. The summed E-state index contributed by atoms with van der Waals surface area (Å²) < 4.78 is 44.6. The van der Waals surface area contributed by atoms with Gasteiger partial charge in [0.15, 0.2) is 0 Å². The Kier molecular flexibility index (Phi) is 6.05. The normalized spacial score (nSPS) is 11.1. The van der Waals surface area contributed by atoms with Crippen LogP contribution in [0.4, 0.5) is 18.9 Å². The van der Waals surface area contributed by atoms with Crippen molar-refractivity contribution >= 4 is 17.5 Å². The van der Waals surface area contributed by atoms with Gasteiger partial charge < -0.3 is 20.4 Å². The Labute approximate surface area is 173 Å². The van der Waals surface area contributed by atoms with Crippen LogP contribution in [0.5, 0.6) is 11.6 Å². The maximum absolute atomic E-state index is 12.8. The van der Waals surface area contributed by atoms with E-state index in [4.69, 9.17) is 10.5 Å². The first-order valence-corrected chi connectivity index (χ1v) is 8.74. The Morgan fingerprint density at radius 3 is 2.55 bits per heavy atom. The zero-order chi connectivity index (χ0) is 22.6. The Bertz CT molecular complexity index is 1170. The fourth-order valence-corrected chi connectivity index (χ4v) is 2.58. The van der Waals surface area contributed by atoms with E-state index in [1.54, 1.807) is 12.1 Å². The van der Waals surface area contributed by atoms with Crippen molar-refractivity contribution in [3.05, 3.63) is 82.4 Å². The van der Waals surface area contributed by atoms with Gasteiger partial charge in [0, 0.05) is 17.8 Å². The third-order valence-corrected chi connectivity index (χ3v) is 4.00. The molecule has 8 nitrogen and oxygen atoms in total. The van der Waals surface area contributed by atoms with Crippen molar-refractivity contribution in [2.24, 2.45) is 5.73 Å². The number of anilines is 1. The van der Waals surface area contributed by atoms with Gasteiger partial charge in [-0.15, -0.1) is 0 Å². The van der Waals surface area contributed by atoms with E-state index in [9.17, 15) is 27.6 Å². The van der Waals surface area contributed by atoms with Crippen molar-refractivity contribution in [2.45, 2.75) is 12.7 Å². The monoisotopic (exact) mass is 432 g/mol. The lowest BCUT2D eigenvalue weighted by molar-refractivity contribution is -0.139. The SMILES string of the molecule is NC(=O)c1cccc(Oc2ccc(NC(=O)Cn3cccc(C(F)(F)F)c3=O)cn2)c1. The van der Waals surface area contributed by atoms with Gasteiger partial charge in [-0.1, -0.05) is 6.07 Å². The van der Waals surface area contributed by atoms with Crippen LogP contribution in [0.15, 0.2) is 65.7 Å². The highest BCUT2D eigenvalue weighted by Gasteiger charge is 2.34. The molecule has 2 heterocycles. The molecule has 11 heteroatoms. The molecule has 2 aromatic heterocycles. The molecule has 0 aliphatic heterocycles. The Hall–Kier alpha value is -4.15. The number of nitrogens with one attached hydrogen (secondary N) is 1. The summed E-state index contributed by atoms with van der Waals surface area (Å²) >= 11 is 0. The molecule has 0 radical (unpaired) electrons. The lowest BCUT2D eigenvalue weighted by Crippen LogP contribution is -2.31. The Morgan fingerprint density at radius 1 is 1.13 bits per heavy atom. The van der Waals surface area contributed by atoms with Gasteiger partial charge in [0.25, 0.3) is 5.56 Å². The molecule has 0 bridgehead atoms. The van der Waals surface area contributed by atoms with Gasteiger partial charge >= 0.3 is 6.18 Å². The number of amides is 2. The van der Waals surface area contributed by atoms with Gasteiger partial charge in [-0.25, -0.2) is 4.98 Å². The number of nitrogens with two attached hydrogens (primary N) is 1. The van der Waals surface area contributed by atoms with Crippen molar-refractivity contribution in [3.63, 3.8) is 0 Å². The third-order valence-electron chi connectivity index (χ3n) is 4.00. The van der Waals surface area contributed by atoms with Crippen LogP contribution >= 0.6 is 0 Å². The van der Waals surface area contributed by atoms with Crippen LogP contribution in [0.1, 0.15) is 15.9 Å². The summed E-state index contributed by atoms with van der Waals surface area (Å²) in [6.07, 6.45) is -2.46. The van der Waals surface area contributed by atoms with Crippen LogP contribution in [0.3, 0.4) is 0 Å². The molecule has 0 aliphatic carbocycles. The minimum absolute atomic E-state index is 0.161. The number of pyridine rings is 2. The largest absolute Gasteiger partial charge is 0.439 e. The highest BCUT2D eigenvalue weighted by molar-refractivity contribution is 5.93.